The van der Waals surface area contributed by atoms with Crippen LogP contribution in [0, 0.1) is 11.8 Å². The van der Waals surface area contributed by atoms with Crippen molar-refractivity contribution in [1.82, 2.24) is 20.5 Å². The van der Waals surface area contributed by atoms with Crippen LogP contribution in [0.3, 0.4) is 0 Å². The van der Waals surface area contributed by atoms with Crippen molar-refractivity contribution in [3.8, 4) is 5.75 Å². The highest BCUT2D eigenvalue weighted by Gasteiger charge is 2.34. The van der Waals surface area contributed by atoms with Gasteiger partial charge in [-0.3, -0.25) is 19.2 Å². The van der Waals surface area contributed by atoms with E-state index in [9.17, 15) is 29.4 Å². The number of nitrogens with one attached hydrogen (secondary N) is 3. The highest BCUT2D eigenvalue weighted by Crippen LogP contribution is 2.29. The van der Waals surface area contributed by atoms with Crippen LogP contribution < -0.4 is 10.6 Å². The summed E-state index contributed by atoms with van der Waals surface area (Å²) in [5.41, 5.74) is 2.87. The molecule has 4 rings (SSSR count). The Balaban J connectivity index is 1.75. The van der Waals surface area contributed by atoms with Gasteiger partial charge >= 0.3 is 5.97 Å². The molecular formula is C36H45BrN4O7. The molecule has 0 spiro atoms. The van der Waals surface area contributed by atoms with Crippen molar-refractivity contribution < 1.29 is 34.1 Å². The summed E-state index contributed by atoms with van der Waals surface area (Å²) >= 11 is 3.59. The van der Waals surface area contributed by atoms with E-state index in [2.05, 4.69) is 31.5 Å². The standard InChI is InChI=1S/C36H45BrN4O7/c1-20-14-22(3)48-32(44)18-30(25-10-12-26(43)13-11-25)40-35(46)31(17-28-27-8-6-7-9-29(27)39-33(28)37)41(5)36(47)23(4)38-34(45)21(2)16-24(15-20)19-42/h6-13,15,20-23,30-31,39,42-43H,14,16-19H2,1-5H3,(H,38,45)(H,40,46). The van der Waals surface area contributed by atoms with Gasteiger partial charge in [0.1, 0.15) is 17.8 Å². The first-order valence-electron chi connectivity index (χ1n) is 16.2. The number of hydrogen-bond donors (Lipinski definition) is 5. The molecule has 5 N–H and O–H groups in total. The predicted octanol–water partition coefficient (Wildman–Crippen LogP) is 4.67. The molecule has 0 saturated carbocycles. The molecule has 0 aliphatic carbocycles. The van der Waals surface area contributed by atoms with Crippen molar-refractivity contribution >= 4 is 50.5 Å². The molecule has 2 aromatic carbocycles. The molecule has 48 heavy (non-hydrogen) atoms. The number of hydrogen-bond acceptors (Lipinski definition) is 7. The fourth-order valence-electron chi connectivity index (χ4n) is 6.22. The molecule has 3 amide bonds. The van der Waals surface area contributed by atoms with Crippen LogP contribution in [0.2, 0.25) is 0 Å². The number of aliphatic hydroxyl groups is 1. The van der Waals surface area contributed by atoms with Crippen LogP contribution in [0.5, 0.6) is 5.75 Å². The number of nitrogens with zero attached hydrogens (tertiary/aromatic N) is 1. The number of allylic oxidation sites excluding steroid dienone is 1. The molecular weight excluding hydrogens is 680 g/mol. The van der Waals surface area contributed by atoms with E-state index in [-0.39, 0.29) is 43.4 Å². The van der Waals surface area contributed by atoms with E-state index >= 15 is 0 Å². The number of benzene rings is 2. The first-order valence-corrected chi connectivity index (χ1v) is 17.0. The number of fused-ring (bicyclic) bond motifs is 1. The maximum absolute atomic E-state index is 14.3. The number of para-hydroxylation sites is 1. The van der Waals surface area contributed by atoms with E-state index in [1.54, 1.807) is 32.9 Å². The van der Waals surface area contributed by atoms with Crippen molar-refractivity contribution in [2.24, 2.45) is 11.8 Å². The number of phenolic OH excluding ortho intramolecular Hbond substituents is 1. The number of aromatic nitrogens is 1. The summed E-state index contributed by atoms with van der Waals surface area (Å²) in [4.78, 5) is 59.2. The van der Waals surface area contributed by atoms with Gasteiger partial charge in [-0.15, -0.1) is 0 Å². The number of aromatic hydroxyl groups is 1. The molecule has 1 aliphatic rings. The number of aromatic amines is 1. The number of halogens is 1. The number of rotatable bonds is 4. The first kappa shape index (κ1) is 36.7. The molecule has 1 aliphatic heterocycles. The Bertz CT molecular complexity index is 1650. The Morgan fingerprint density at radius 1 is 0.938 bits per heavy atom. The second kappa shape index (κ2) is 16.3. The van der Waals surface area contributed by atoms with Gasteiger partial charge in [0.2, 0.25) is 17.7 Å². The van der Waals surface area contributed by atoms with Crippen LogP contribution in [-0.4, -0.2) is 75.6 Å². The van der Waals surface area contributed by atoms with Gasteiger partial charge in [-0.25, -0.2) is 0 Å². The van der Waals surface area contributed by atoms with Gasteiger partial charge < -0.3 is 35.5 Å². The molecule has 2 heterocycles. The second-order valence-electron chi connectivity index (χ2n) is 12.8. The smallest absolute Gasteiger partial charge is 0.308 e. The van der Waals surface area contributed by atoms with Crippen molar-refractivity contribution in [2.75, 3.05) is 13.7 Å². The minimum Gasteiger partial charge on any atom is -0.508 e. The lowest BCUT2D eigenvalue weighted by Gasteiger charge is -2.31. The van der Waals surface area contributed by atoms with Gasteiger partial charge in [0.15, 0.2) is 0 Å². The molecule has 6 atom stereocenters. The number of aliphatic hydroxyl groups excluding tert-OH is 1. The first-order chi connectivity index (χ1) is 22.8. The summed E-state index contributed by atoms with van der Waals surface area (Å²) in [5, 5.41) is 26.6. The zero-order valence-corrected chi connectivity index (χ0v) is 29.5. The molecule has 1 aromatic heterocycles. The fourth-order valence-corrected chi connectivity index (χ4v) is 6.81. The largest absolute Gasteiger partial charge is 0.508 e. The van der Waals surface area contributed by atoms with Crippen LogP contribution in [0.1, 0.15) is 64.1 Å². The number of ether oxygens (including phenoxy) is 1. The van der Waals surface area contributed by atoms with Crippen molar-refractivity contribution in [3.63, 3.8) is 0 Å². The van der Waals surface area contributed by atoms with Crippen LogP contribution in [-0.2, 0) is 30.3 Å². The summed E-state index contributed by atoms with van der Waals surface area (Å²) in [6.07, 6.45) is 2.09. The minimum absolute atomic E-state index is 0.0272. The average Bonchev–Trinajstić information content (AvgIpc) is 3.35. The number of likely N-dealkylation sites (N-methyl/N-ethyl adjacent to an activating group) is 1. The van der Waals surface area contributed by atoms with Gasteiger partial charge in [-0.05, 0) is 83.4 Å². The number of H-pyrrole nitrogens is 1. The lowest BCUT2D eigenvalue weighted by atomic mass is 9.95. The fraction of sp³-hybridized carbons (Fsp3) is 0.444. The molecule has 0 fully saturated rings. The lowest BCUT2D eigenvalue weighted by molar-refractivity contribution is -0.149. The topological polar surface area (TPSA) is 161 Å². The lowest BCUT2D eigenvalue weighted by Crippen LogP contribution is -2.55. The molecule has 12 heteroatoms. The van der Waals surface area contributed by atoms with Crippen LogP contribution in [0.4, 0.5) is 0 Å². The maximum atomic E-state index is 14.3. The van der Waals surface area contributed by atoms with Gasteiger partial charge in [-0.2, -0.15) is 0 Å². The van der Waals surface area contributed by atoms with Crippen LogP contribution in [0.15, 0.2) is 64.8 Å². The van der Waals surface area contributed by atoms with E-state index < -0.39 is 47.9 Å². The van der Waals surface area contributed by atoms with E-state index in [1.165, 1.54) is 24.1 Å². The highest BCUT2D eigenvalue weighted by molar-refractivity contribution is 9.10. The van der Waals surface area contributed by atoms with Gasteiger partial charge in [0.05, 0.1) is 29.8 Å². The molecule has 11 nitrogen and oxygen atoms in total. The van der Waals surface area contributed by atoms with Gasteiger partial charge in [0.25, 0.3) is 0 Å². The molecule has 6 unspecified atom stereocenters. The molecule has 0 saturated heterocycles. The summed E-state index contributed by atoms with van der Waals surface area (Å²) in [5.74, 6) is -2.47. The van der Waals surface area contributed by atoms with Crippen molar-refractivity contribution in [2.45, 2.75) is 77.6 Å². The monoisotopic (exact) mass is 724 g/mol. The number of carbonyl (C=O) groups is 4. The minimum atomic E-state index is -1.05. The molecule has 0 radical (unpaired) electrons. The van der Waals surface area contributed by atoms with Crippen molar-refractivity contribution in [3.05, 3.63) is 75.9 Å². The third kappa shape index (κ3) is 9.25. The average molecular weight is 726 g/mol. The Labute approximate surface area is 289 Å². The Morgan fingerprint density at radius 3 is 2.31 bits per heavy atom. The number of cyclic esters (lactones) is 1. The van der Waals surface area contributed by atoms with Gasteiger partial charge in [-0.1, -0.05) is 50.3 Å². The molecule has 0 bridgehead atoms. The summed E-state index contributed by atoms with van der Waals surface area (Å²) < 4.78 is 6.43. The quantitative estimate of drug-likeness (QED) is 0.193. The van der Waals surface area contributed by atoms with Crippen molar-refractivity contribution in [1.29, 1.82) is 0 Å². The maximum Gasteiger partial charge on any atom is 0.308 e. The van der Waals surface area contributed by atoms with E-state index in [0.717, 1.165) is 16.5 Å². The Morgan fingerprint density at radius 2 is 1.62 bits per heavy atom. The third-order valence-corrected chi connectivity index (χ3v) is 9.44. The number of amides is 3. The Hall–Kier alpha value is -4.16. The third-order valence-electron chi connectivity index (χ3n) is 8.76. The SMILES string of the molecule is CC1C=C(CO)CC(C)C(=O)NC(C)C(=O)N(C)C(Cc2c(Br)[nH]c3ccccc23)C(=O)NC(c2ccc(O)cc2)CC(=O)OC(C)C1. The van der Waals surface area contributed by atoms with Crippen LogP contribution in [0.25, 0.3) is 10.9 Å². The Kier molecular flexibility index (Phi) is 12.4. The zero-order chi connectivity index (χ0) is 35.1. The van der Waals surface area contributed by atoms with Gasteiger partial charge in [0, 0.05) is 30.3 Å². The number of esters is 1. The second-order valence-corrected chi connectivity index (χ2v) is 13.6. The van der Waals surface area contributed by atoms with E-state index in [0.29, 0.717) is 22.2 Å². The highest BCUT2D eigenvalue weighted by atomic mass is 79.9. The summed E-state index contributed by atoms with van der Waals surface area (Å²) in [6.45, 7) is 6.79. The summed E-state index contributed by atoms with van der Waals surface area (Å²) in [6, 6.07) is 10.9. The zero-order valence-electron chi connectivity index (χ0n) is 28.0. The number of phenols is 1. The predicted molar refractivity (Wildman–Crippen MR) is 186 cm³/mol. The van der Waals surface area contributed by atoms with Crippen LogP contribution >= 0.6 is 15.9 Å². The van der Waals surface area contributed by atoms with E-state index in [1.807, 2.05) is 37.3 Å². The normalized spacial score (nSPS) is 25.7. The molecule has 258 valence electrons. The van der Waals surface area contributed by atoms with E-state index in [4.69, 9.17) is 4.74 Å². The number of carbonyl (C=O) groups excluding carboxylic acids is 4. The summed E-state index contributed by atoms with van der Waals surface area (Å²) in [7, 11) is 1.52. The molecule has 3 aromatic rings.